The molecular weight excluding hydrogens is 218 g/mol. The van der Waals surface area contributed by atoms with Crippen molar-refractivity contribution in [2.75, 3.05) is 0 Å². The van der Waals surface area contributed by atoms with Crippen LogP contribution in [0.15, 0.2) is 49.3 Å². The summed E-state index contributed by atoms with van der Waals surface area (Å²) in [5, 5.41) is 0. The predicted octanol–water partition coefficient (Wildman–Crippen LogP) is 1.18. The largest absolute Gasteiger partial charge is 0.389 e. The average molecular weight is 232 g/mol. The maximum atomic E-state index is 10.6. The van der Waals surface area contributed by atoms with E-state index in [1.54, 1.807) is 24.8 Å². The Morgan fingerprint density at radius 3 is 2.06 bits per heavy atom. The van der Waals surface area contributed by atoms with Crippen LogP contribution in [0.3, 0.4) is 0 Å². The van der Waals surface area contributed by atoms with Crippen LogP contribution >= 0.6 is 0 Å². The van der Waals surface area contributed by atoms with Crippen molar-refractivity contribution < 1.29 is 14.2 Å². The van der Waals surface area contributed by atoms with Gasteiger partial charge in [-0.1, -0.05) is 6.07 Å². The number of imidazole rings is 1. The zero-order valence-corrected chi connectivity index (χ0v) is 9.78. The number of carbonyl (C=O) groups is 2. The number of pyridine rings is 1. The Morgan fingerprint density at radius 2 is 1.76 bits per heavy atom. The molecule has 17 heavy (non-hydrogen) atoms. The quantitative estimate of drug-likeness (QED) is 0.641. The van der Waals surface area contributed by atoms with Crippen molar-refractivity contribution in [3.05, 3.63) is 49.3 Å². The molecule has 0 radical (unpaired) electrons. The van der Waals surface area contributed by atoms with Gasteiger partial charge in [-0.05, 0) is 0 Å². The number of rotatable bonds is 0. The van der Waals surface area contributed by atoms with Crippen LogP contribution < -0.4 is 4.57 Å². The van der Waals surface area contributed by atoms with E-state index in [2.05, 4.69) is 4.98 Å². The van der Waals surface area contributed by atoms with Gasteiger partial charge in [-0.2, -0.15) is 0 Å². The maximum absolute atomic E-state index is 10.6. The van der Waals surface area contributed by atoms with E-state index in [-0.39, 0.29) is 11.8 Å². The van der Waals surface area contributed by atoms with Crippen molar-refractivity contribution in [1.82, 2.24) is 9.55 Å². The highest BCUT2D eigenvalue weighted by Gasteiger charge is 2.01. The first-order valence-corrected chi connectivity index (χ1v) is 5.07. The Labute approximate surface area is 99.3 Å². The third kappa shape index (κ3) is 4.38. The van der Waals surface area contributed by atoms with Gasteiger partial charge in [0.15, 0.2) is 12.4 Å². The van der Waals surface area contributed by atoms with Crippen LogP contribution in [-0.4, -0.2) is 21.4 Å². The van der Waals surface area contributed by atoms with Crippen molar-refractivity contribution >= 4 is 11.8 Å². The topological polar surface area (TPSA) is 55.8 Å². The molecule has 0 atom stereocenters. The Balaban J connectivity index is 0.000000171. The Hall–Kier alpha value is -2.30. The van der Waals surface area contributed by atoms with Crippen LogP contribution in [0, 0.1) is 0 Å². The molecular formula is C12H14N3O2+. The molecule has 88 valence electrons. The zero-order chi connectivity index (χ0) is 12.7. The highest BCUT2D eigenvalue weighted by atomic mass is 16.2. The first kappa shape index (κ1) is 12.8. The molecule has 0 saturated carbocycles. The molecule has 0 fully saturated rings. The lowest BCUT2D eigenvalue weighted by atomic mass is 10.5. The van der Waals surface area contributed by atoms with Gasteiger partial charge in [-0.3, -0.25) is 9.36 Å². The van der Waals surface area contributed by atoms with E-state index < -0.39 is 0 Å². The van der Waals surface area contributed by atoms with E-state index in [9.17, 15) is 9.59 Å². The highest BCUT2D eigenvalue weighted by molar-refractivity contribution is 5.75. The molecule has 0 saturated heterocycles. The van der Waals surface area contributed by atoms with Gasteiger partial charge >= 0.3 is 5.91 Å². The number of nitrogens with zero attached hydrogens (tertiary/aromatic N) is 3. The van der Waals surface area contributed by atoms with E-state index in [0.29, 0.717) is 0 Å². The van der Waals surface area contributed by atoms with Crippen LogP contribution in [0.1, 0.15) is 23.4 Å². The van der Waals surface area contributed by atoms with Crippen LogP contribution in [0.4, 0.5) is 0 Å². The van der Waals surface area contributed by atoms with Crippen LogP contribution in [0.25, 0.3) is 0 Å². The fraction of sp³-hybridized carbons (Fsp3) is 0.167. The van der Waals surface area contributed by atoms with Crippen LogP contribution in [0.2, 0.25) is 0 Å². The normalized spacial score (nSPS) is 9.06. The maximum Gasteiger partial charge on any atom is 0.389 e. The zero-order valence-electron chi connectivity index (χ0n) is 9.78. The minimum atomic E-state index is -0.0116. The minimum absolute atomic E-state index is 0.0116. The van der Waals surface area contributed by atoms with Crippen LogP contribution in [-0.2, 0) is 0 Å². The molecule has 0 amide bonds. The summed E-state index contributed by atoms with van der Waals surface area (Å²) in [6.45, 7) is 3.02. The van der Waals surface area contributed by atoms with Gasteiger partial charge in [-0.25, -0.2) is 9.78 Å². The highest BCUT2D eigenvalue weighted by Crippen LogP contribution is 1.82. The standard InChI is InChI=1S/C7H8NO.C5H6N2O/c1-7(9)8-5-3-2-4-6-8;1-5(8)7-3-2-6-4-7/h2-6H,1H3;2-4H,1H3/q+1;. The second-order valence-electron chi connectivity index (χ2n) is 3.29. The molecule has 2 aromatic rings. The fourth-order valence-electron chi connectivity index (χ4n) is 1.05. The lowest BCUT2D eigenvalue weighted by molar-refractivity contribution is -0.572. The smallest absolute Gasteiger partial charge is 0.277 e. The molecule has 5 nitrogen and oxygen atoms in total. The molecule has 0 aliphatic carbocycles. The summed E-state index contributed by atoms with van der Waals surface area (Å²) in [6, 6.07) is 5.52. The summed E-state index contributed by atoms with van der Waals surface area (Å²) in [5.74, 6) is 0.0260. The van der Waals surface area contributed by atoms with E-state index >= 15 is 0 Å². The first-order chi connectivity index (χ1) is 8.11. The van der Waals surface area contributed by atoms with E-state index in [1.165, 1.54) is 29.3 Å². The summed E-state index contributed by atoms with van der Waals surface area (Å²) in [4.78, 5) is 24.7. The SMILES string of the molecule is CC(=O)[n+]1ccccc1.CC(=O)n1ccnc1. The summed E-state index contributed by atoms with van der Waals surface area (Å²) in [5.41, 5.74) is 0. The van der Waals surface area contributed by atoms with Gasteiger partial charge in [0.25, 0.3) is 0 Å². The average Bonchev–Trinajstić information content (AvgIpc) is 2.84. The van der Waals surface area contributed by atoms with Crippen molar-refractivity contribution in [1.29, 1.82) is 0 Å². The molecule has 2 heterocycles. The Kier molecular flexibility index (Phi) is 4.75. The van der Waals surface area contributed by atoms with Crippen molar-refractivity contribution in [3.63, 3.8) is 0 Å². The molecule has 2 rings (SSSR count). The van der Waals surface area contributed by atoms with Gasteiger partial charge in [0, 0.05) is 31.5 Å². The summed E-state index contributed by atoms with van der Waals surface area (Å²) < 4.78 is 2.94. The third-order valence-corrected chi connectivity index (χ3v) is 1.95. The fourth-order valence-corrected chi connectivity index (χ4v) is 1.05. The molecule has 0 N–H and O–H groups in total. The van der Waals surface area contributed by atoms with Crippen molar-refractivity contribution in [3.8, 4) is 0 Å². The lowest BCUT2D eigenvalue weighted by Crippen LogP contribution is -2.38. The summed E-state index contributed by atoms with van der Waals surface area (Å²) >= 11 is 0. The first-order valence-electron chi connectivity index (χ1n) is 5.07. The molecule has 0 unspecified atom stereocenters. The van der Waals surface area contributed by atoms with Gasteiger partial charge in [-0.15, -0.1) is 4.57 Å². The number of hydrogen-bond acceptors (Lipinski definition) is 3. The second-order valence-corrected chi connectivity index (χ2v) is 3.29. The molecule has 5 heteroatoms. The van der Waals surface area contributed by atoms with Gasteiger partial charge < -0.3 is 0 Å². The molecule has 0 aromatic carbocycles. The second kappa shape index (κ2) is 6.32. The van der Waals surface area contributed by atoms with E-state index in [0.717, 1.165) is 0 Å². The predicted molar refractivity (Wildman–Crippen MR) is 61.5 cm³/mol. The molecule has 0 spiro atoms. The number of aromatic nitrogens is 3. The van der Waals surface area contributed by atoms with Gasteiger partial charge in [0.2, 0.25) is 5.91 Å². The molecule has 0 aliphatic rings. The third-order valence-electron chi connectivity index (χ3n) is 1.95. The summed E-state index contributed by atoms with van der Waals surface area (Å²) in [7, 11) is 0. The Morgan fingerprint density at radius 1 is 1.12 bits per heavy atom. The molecule has 0 aliphatic heterocycles. The van der Waals surface area contributed by atoms with E-state index in [4.69, 9.17) is 0 Å². The monoisotopic (exact) mass is 232 g/mol. The summed E-state index contributed by atoms with van der Waals surface area (Å²) in [6.07, 6.45) is 8.11. The van der Waals surface area contributed by atoms with Gasteiger partial charge in [0.1, 0.15) is 6.33 Å². The number of carbonyl (C=O) groups excluding carboxylic acids is 2. The van der Waals surface area contributed by atoms with Gasteiger partial charge in [0.05, 0.1) is 6.92 Å². The van der Waals surface area contributed by atoms with Crippen LogP contribution in [0.5, 0.6) is 0 Å². The lowest BCUT2D eigenvalue weighted by Gasteiger charge is -1.87. The molecule has 0 bridgehead atoms. The Bertz CT molecular complexity index is 478. The van der Waals surface area contributed by atoms with Crippen molar-refractivity contribution in [2.45, 2.75) is 13.8 Å². The number of hydrogen-bond donors (Lipinski definition) is 0. The van der Waals surface area contributed by atoms with Crippen molar-refractivity contribution in [2.24, 2.45) is 0 Å². The molecule has 2 aromatic heterocycles. The minimum Gasteiger partial charge on any atom is -0.277 e. The van der Waals surface area contributed by atoms with E-state index in [1.807, 2.05) is 18.2 Å².